The predicted octanol–water partition coefficient (Wildman–Crippen LogP) is 1.56. The smallest absolute Gasteiger partial charge is 0.320 e. The average Bonchev–Trinajstić information content (AvgIpc) is 2.97. The van der Waals surface area contributed by atoms with E-state index in [1.54, 1.807) is 32.2 Å². The predicted molar refractivity (Wildman–Crippen MR) is 78.5 cm³/mol. The number of furan rings is 1. The Kier molecular flexibility index (Phi) is 7.53. The fourth-order valence-electron chi connectivity index (χ4n) is 1.97. The minimum Gasteiger partial charge on any atom is -0.467 e. The summed E-state index contributed by atoms with van der Waals surface area (Å²) >= 11 is 0. The van der Waals surface area contributed by atoms with Crippen LogP contribution in [-0.4, -0.2) is 42.5 Å². The Morgan fingerprint density at radius 1 is 1.43 bits per heavy atom. The largest absolute Gasteiger partial charge is 0.467 e. The average molecular weight is 296 g/mol. The van der Waals surface area contributed by atoms with Gasteiger partial charge in [0.2, 0.25) is 5.91 Å². The van der Waals surface area contributed by atoms with Gasteiger partial charge in [0, 0.05) is 0 Å². The van der Waals surface area contributed by atoms with Crippen LogP contribution < -0.4 is 5.32 Å². The van der Waals surface area contributed by atoms with E-state index in [2.05, 4.69) is 5.32 Å². The molecule has 1 aromatic heterocycles. The zero-order valence-corrected chi connectivity index (χ0v) is 12.9. The summed E-state index contributed by atoms with van der Waals surface area (Å²) < 4.78 is 10.1. The number of amides is 1. The lowest BCUT2D eigenvalue weighted by Gasteiger charge is -2.26. The Morgan fingerprint density at radius 3 is 2.76 bits per heavy atom. The minimum atomic E-state index is -0.399. The van der Waals surface area contributed by atoms with Gasteiger partial charge in [-0.15, -0.1) is 0 Å². The summed E-state index contributed by atoms with van der Waals surface area (Å²) in [4.78, 5) is 25.6. The van der Waals surface area contributed by atoms with E-state index >= 15 is 0 Å². The van der Waals surface area contributed by atoms with E-state index in [1.807, 2.05) is 11.8 Å². The molecule has 1 amide bonds. The van der Waals surface area contributed by atoms with E-state index < -0.39 is 6.04 Å². The summed E-state index contributed by atoms with van der Waals surface area (Å²) in [7, 11) is 0. The molecule has 0 aromatic carbocycles. The van der Waals surface area contributed by atoms with Gasteiger partial charge in [-0.3, -0.25) is 14.5 Å². The van der Waals surface area contributed by atoms with Gasteiger partial charge in [0.05, 0.1) is 32.0 Å². The highest BCUT2D eigenvalue weighted by Crippen LogP contribution is 2.04. The van der Waals surface area contributed by atoms with Crippen LogP contribution in [-0.2, 0) is 20.9 Å². The maximum absolute atomic E-state index is 12.1. The van der Waals surface area contributed by atoms with Crippen molar-refractivity contribution >= 4 is 11.9 Å². The molecule has 0 spiro atoms. The number of hydrogen-bond acceptors (Lipinski definition) is 5. The first-order valence-corrected chi connectivity index (χ1v) is 7.28. The zero-order valence-electron chi connectivity index (χ0n) is 12.9. The molecule has 0 radical (unpaired) electrons. The van der Waals surface area contributed by atoms with E-state index in [9.17, 15) is 9.59 Å². The number of carbonyl (C=O) groups excluding carboxylic acids is 2. The molecule has 0 aliphatic heterocycles. The summed E-state index contributed by atoms with van der Waals surface area (Å²) in [6.07, 6.45) is 2.42. The zero-order chi connectivity index (χ0) is 15.7. The van der Waals surface area contributed by atoms with Gasteiger partial charge >= 0.3 is 5.97 Å². The molecule has 1 N–H and O–H groups in total. The number of hydrogen-bond donors (Lipinski definition) is 1. The fraction of sp³-hybridized carbons (Fsp3) is 0.600. The molecule has 0 aliphatic carbocycles. The number of carbonyl (C=O) groups is 2. The van der Waals surface area contributed by atoms with E-state index in [0.29, 0.717) is 25.5 Å². The summed E-state index contributed by atoms with van der Waals surface area (Å²) in [5.41, 5.74) is 0. The first-order chi connectivity index (χ1) is 10.1. The monoisotopic (exact) mass is 296 g/mol. The molecule has 1 rings (SSSR count). The Labute approximate surface area is 125 Å². The van der Waals surface area contributed by atoms with Gasteiger partial charge in [-0.1, -0.05) is 6.92 Å². The highest BCUT2D eigenvalue weighted by atomic mass is 16.5. The van der Waals surface area contributed by atoms with Crippen molar-refractivity contribution in [1.82, 2.24) is 10.2 Å². The molecule has 0 saturated heterocycles. The van der Waals surface area contributed by atoms with Crippen LogP contribution in [0, 0.1) is 0 Å². The van der Waals surface area contributed by atoms with Crippen molar-refractivity contribution in [2.24, 2.45) is 0 Å². The number of esters is 1. The third-order valence-corrected chi connectivity index (χ3v) is 3.09. The lowest BCUT2D eigenvalue weighted by atomic mass is 10.2. The van der Waals surface area contributed by atoms with Crippen LogP contribution in [0.25, 0.3) is 0 Å². The van der Waals surface area contributed by atoms with Crippen molar-refractivity contribution in [2.45, 2.75) is 39.8 Å². The normalized spacial score (nSPS) is 12.2. The third kappa shape index (κ3) is 5.99. The number of nitrogens with zero attached hydrogens (tertiary/aromatic N) is 1. The Bertz CT molecular complexity index is 431. The van der Waals surface area contributed by atoms with E-state index in [0.717, 1.165) is 6.42 Å². The molecule has 0 bridgehead atoms. The van der Waals surface area contributed by atoms with Crippen molar-refractivity contribution in [2.75, 3.05) is 19.7 Å². The van der Waals surface area contributed by atoms with E-state index in [-0.39, 0.29) is 18.4 Å². The van der Waals surface area contributed by atoms with Crippen molar-refractivity contribution in [3.05, 3.63) is 24.2 Å². The van der Waals surface area contributed by atoms with Gasteiger partial charge in [0.15, 0.2) is 0 Å². The van der Waals surface area contributed by atoms with Gasteiger partial charge in [-0.25, -0.2) is 0 Å². The fourth-order valence-corrected chi connectivity index (χ4v) is 1.97. The molecule has 1 unspecified atom stereocenters. The molecule has 0 fully saturated rings. The molecule has 118 valence electrons. The molecule has 1 aromatic rings. The molecule has 1 atom stereocenters. The highest BCUT2D eigenvalue weighted by Gasteiger charge is 2.23. The van der Waals surface area contributed by atoms with Gasteiger partial charge < -0.3 is 14.5 Å². The van der Waals surface area contributed by atoms with E-state index in [1.165, 1.54) is 0 Å². The molecule has 21 heavy (non-hydrogen) atoms. The lowest BCUT2D eigenvalue weighted by Crippen LogP contribution is -2.47. The highest BCUT2D eigenvalue weighted by molar-refractivity contribution is 5.82. The van der Waals surface area contributed by atoms with Gasteiger partial charge in [0.1, 0.15) is 5.76 Å². The summed E-state index contributed by atoms with van der Waals surface area (Å²) in [5.74, 6) is 0.253. The second kappa shape index (κ2) is 9.18. The summed E-state index contributed by atoms with van der Waals surface area (Å²) in [5, 5.41) is 2.80. The quantitative estimate of drug-likeness (QED) is 0.700. The summed E-state index contributed by atoms with van der Waals surface area (Å²) in [6.45, 7) is 7.03. The van der Waals surface area contributed by atoms with Crippen LogP contribution in [0.1, 0.15) is 33.0 Å². The number of rotatable bonds is 9. The SMILES string of the molecule is CCCN(CC(=O)OCC)C(C)C(=O)NCc1ccco1. The number of nitrogens with one attached hydrogen (secondary N) is 1. The molecule has 1 heterocycles. The van der Waals surface area contributed by atoms with E-state index in [4.69, 9.17) is 9.15 Å². The van der Waals surface area contributed by atoms with Crippen LogP contribution in [0.5, 0.6) is 0 Å². The molecular weight excluding hydrogens is 272 g/mol. The topological polar surface area (TPSA) is 71.8 Å². The molecule has 0 aliphatic rings. The van der Waals surface area contributed by atoms with Gasteiger partial charge in [-0.2, -0.15) is 0 Å². The molecular formula is C15H24N2O4. The van der Waals surface area contributed by atoms with Crippen molar-refractivity contribution in [3.8, 4) is 0 Å². The molecule has 6 nitrogen and oxygen atoms in total. The van der Waals surface area contributed by atoms with Crippen molar-refractivity contribution < 1.29 is 18.7 Å². The first-order valence-electron chi connectivity index (χ1n) is 7.28. The molecule has 0 saturated carbocycles. The minimum absolute atomic E-state index is 0.122. The second-order valence-corrected chi connectivity index (χ2v) is 4.75. The van der Waals surface area contributed by atoms with Gasteiger partial charge in [-0.05, 0) is 38.9 Å². The van der Waals surface area contributed by atoms with Crippen molar-refractivity contribution in [1.29, 1.82) is 0 Å². The maximum Gasteiger partial charge on any atom is 0.320 e. The van der Waals surface area contributed by atoms with Crippen LogP contribution in [0.15, 0.2) is 22.8 Å². The second-order valence-electron chi connectivity index (χ2n) is 4.75. The van der Waals surface area contributed by atoms with Crippen LogP contribution in [0.2, 0.25) is 0 Å². The summed E-state index contributed by atoms with van der Waals surface area (Å²) in [6, 6.07) is 3.17. The Balaban J connectivity index is 2.51. The van der Waals surface area contributed by atoms with Crippen LogP contribution >= 0.6 is 0 Å². The first kappa shape index (κ1) is 17.2. The Morgan fingerprint density at radius 2 is 2.19 bits per heavy atom. The van der Waals surface area contributed by atoms with Crippen LogP contribution in [0.3, 0.4) is 0 Å². The third-order valence-electron chi connectivity index (χ3n) is 3.09. The maximum atomic E-state index is 12.1. The Hall–Kier alpha value is -1.82. The standard InChI is InChI=1S/C15H24N2O4/c1-4-8-17(11-14(18)20-5-2)12(3)15(19)16-10-13-7-6-9-21-13/h6-7,9,12H,4-5,8,10-11H2,1-3H3,(H,16,19). The number of ether oxygens (including phenoxy) is 1. The lowest BCUT2D eigenvalue weighted by molar-refractivity contribution is -0.145. The van der Waals surface area contributed by atoms with Gasteiger partial charge in [0.25, 0.3) is 0 Å². The molecule has 6 heteroatoms. The van der Waals surface area contributed by atoms with Crippen molar-refractivity contribution in [3.63, 3.8) is 0 Å². The van der Waals surface area contributed by atoms with Crippen LogP contribution in [0.4, 0.5) is 0 Å².